The SMILES string of the molecule is CCn1nccc1CN(CCc1ccc(OC)c(OC)c1)C(=O)Cn1nccc1C(=O)O. The Morgan fingerprint density at radius 1 is 1.03 bits per heavy atom. The van der Waals surface area contributed by atoms with Gasteiger partial charge in [0.2, 0.25) is 5.91 Å². The second-order valence-electron chi connectivity index (χ2n) is 7.07. The molecule has 0 atom stereocenters. The molecular formula is C22H27N5O5. The smallest absolute Gasteiger partial charge is 0.354 e. The van der Waals surface area contributed by atoms with Gasteiger partial charge in [0.15, 0.2) is 11.5 Å². The molecular weight excluding hydrogens is 414 g/mol. The third-order valence-corrected chi connectivity index (χ3v) is 5.15. The third-order valence-electron chi connectivity index (χ3n) is 5.15. The Morgan fingerprint density at radius 3 is 2.44 bits per heavy atom. The highest BCUT2D eigenvalue weighted by Gasteiger charge is 2.20. The minimum Gasteiger partial charge on any atom is -0.493 e. The Balaban J connectivity index is 1.79. The zero-order chi connectivity index (χ0) is 23.1. The lowest BCUT2D eigenvalue weighted by molar-refractivity contribution is -0.132. The summed E-state index contributed by atoms with van der Waals surface area (Å²) in [5, 5.41) is 17.6. The van der Waals surface area contributed by atoms with Crippen LogP contribution in [-0.4, -0.2) is 62.2 Å². The van der Waals surface area contributed by atoms with E-state index < -0.39 is 5.97 Å². The van der Waals surface area contributed by atoms with Crippen molar-refractivity contribution in [3.05, 3.63) is 59.7 Å². The van der Waals surface area contributed by atoms with Gasteiger partial charge in [-0.05, 0) is 43.2 Å². The Morgan fingerprint density at radius 2 is 1.75 bits per heavy atom. The Hall–Kier alpha value is -3.82. The maximum Gasteiger partial charge on any atom is 0.354 e. The van der Waals surface area contributed by atoms with Crippen LogP contribution >= 0.6 is 0 Å². The molecule has 0 saturated heterocycles. The molecule has 1 N–H and O–H groups in total. The highest BCUT2D eigenvalue weighted by Crippen LogP contribution is 2.27. The molecule has 0 spiro atoms. The number of methoxy groups -OCH3 is 2. The number of aryl methyl sites for hydroxylation is 1. The van der Waals surface area contributed by atoms with E-state index in [1.54, 1.807) is 25.3 Å². The van der Waals surface area contributed by atoms with Crippen LogP contribution < -0.4 is 9.47 Å². The first-order valence-corrected chi connectivity index (χ1v) is 10.2. The van der Waals surface area contributed by atoms with Crippen molar-refractivity contribution in [3.8, 4) is 11.5 Å². The van der Waals surface area contributed by atoms with Crippen LogP contribution in [0.25, 0.3) is 0 Å². The fourth-order valence-corrected chi connectivity index (χ4v) is 3.44. The van der Waals surface area contributed by atoms with Gasteiger partial charge in [-0.25, -0.2) is 9.48 Å². The molecule has 0 fully saturated rings. The predicted octanol–water partition coefficient (Wildman–Crippen LogP) is 2.09. The van der Waals surface area contributed by atoms with Crippen molar-refractivity contribution in [1.29, 1.82) is 0 Å². The van der Waals surface area contributed by atoms with Crippen LogP contribution in [0, 0.1) is 0 Å². The van der Waals surface area contributed by atoms with E-state index in [0.717, 1.165) is 11.3 Å². The van der Waals surface area contributed by atoms with Gasteiger partial charge in [-0.3, -0.25) is 9.48 Å². The number of hydrogen-bond donors (Lipinski definition) is 1. The van der Waals surface area contributed by atoms with Crippen LogP contribution in [-0.2, 0) is 30.8 Å². The largest absolute Gasteiger partial charge is 0.493 e. The van der Waals surface area contributed by atoms with Crippen molar-refractivity contribution >= 4 is 11.9 Å². The first-order valence-electron chi connectivity index (χ1n) is 10.2. The van der Waals surface area contributed by atoms with E-state index in [4.69, 9.17) is 9.47 Å². The number of amides is 1. The molecule has 1 amide bonds. The number of aromatic carboxylic acids is 1. The molecule has 2 aromatic heterocycles. The van der Waals surface area contributed by atoms with Gasteiger partial charge in [0.25, 0.3) is 0 Å². The van der Waals surface area contributed by atoms with E-state index in [-0.39, 0.29) is 18.1 Å². The van der Waals surface area contributed by atoms with Crippen molar-refractivity contribution in [3.63, 3.8) is 0 Å². The molecule has 1 aromatic carbocycles. The van der Waals surface area contributed by atoms with E-state index in [9.17, 15) is 14.7 Å². The van der Waals surface area contributed by atoms with Gasteiger partial charge < -0.3 is 19.5 Å². The molecule has 10 heteroatoms. The van der Waals surface area contributed by atoms with Gasteiger partial charge in [-0.1, -0.05) is 6.07 Å². The fourth-order valence-electron chi connectivity index (χ4n) is 3.44. The lowest BCUT2D eigenvalue weighted by Crippen LogP contribution is -2.36. The number of hydrogen-bond acceptors (Lipinski definition) is 6. The van der Waals surface area contributed by atoms with Crippen LogP contribution in [0.1, 0.15) is 28.7 Å². The zero-order valence-electron chi connectivity index (χ0n) is 18.4. The first kappa shape index (κ1) is 22.9. The number of carboxylic acids is 1. The maximum absolute atomic E-state index is 13.2. The summed E-state index contributed by atoms with van der Waals surface area (Å²) in [6, 6.07) is 8.88. The van der Waals surface area contributed by atoms with Gasteiger partial charge in [-0.15, -0.1) is 0 Å². The lowest BCUT2D eigenvalue weighted by atomic mass is 10.1. The van der Waals surface area contributed by atoms with E-state index >= 15 is 0 Å². The molecule has 2 heterocycles. The number of carbonyl (C=O) groups excluding carboxylic acids is 1. The minimum atomic E-state index is -1.13. The molecule has 0 radical (unpaired) electrons. The predicted molar refractivity (Wildman–Crippen MR) is 116 cm³/mol. The van der Waals surface area contributed by atoms with E-state index in [2.05, 4.69) is 10.2 Å². The summed E-state index contributed by atoms with van der Waals surface area (Å²) in [7, 11) is 3.16. The quantitative estimate of drug-likeness (QED) is 0.485. The van der Waals surface area contributed by atoms with Crippen LogP contribution in [0.4, 0.5) is 0 Å². The van der Waals surface area contributed by atoms with Gasteiger partial charge in [0, 0.05) is 25.5 Å². The molecule has 32 heavy (non-hydrogen) atoms. The summed E-state index contributed by atoms with van der Waals surface area (Å²) in [5.41, 5.74) is 1.85. The molecule has 0 aliphatic heterocycles. The van der Waals surface area contributed by atoms with Gasteiger partial charge in [0.1, 0.15) is 12.2 Å². The zero-order valence-corrected chi connectivity index (χ0v) is 18.4. The number of aromatic nitrogens is 4. The fraction of sp³-hybridized carbons (Fsp3) is 0.364. The summed E-state index contributed by atoms with van der Waals surface area (Å²) >= 11 is 0. The minimum absolute atomic E-state index is 0.0307. The monoisotopic (exact) mass is 441 g/mol. The summed E-state index contributed by atoms with van der Waals surface area (Å²) in [6.07, 6.45) is 3.65. The second-order valence-corrected chi connectivity index (χ2v) is 7.07. The number of nitrogens with zero attached hydrogens (tertiary/aromatic N) is 5. The van der Waals surface area contributed by atoms with Crippen molar-refractivity contribution in [2.24, 2.45) is 0 Å². The molecule has 170 valence electrons. The molecule has 0 aliphatic carbocycles. The first-order chi connectivity index (χ1) is 15.5. The molecule has 0 bridgehead atoms. The van der Waals surface area contributed by atoms with Gasteiger partial charge in [-0.2, -0.15) is 10.2 Å². The van der Waals surface area contributed by atoms with Crippen LogP contribution in [0.15, 0.2) is 42.7 Å². The Bertz CT molecular complexity index is 1070. The van der Waals surface area contributed by atoms with E-state index in [1.165, 1.54) is 16.9 Å². The summed E-state index contributed by atoms with van der Waals surface area (Å²) in [6.45, 7) is 3.27. The molecule has 0 unspecified atom stereocenters. The van der Waals surface area contributed by atoms with Crippen molar-refractivity contribution in [1.82, 2.24) is 24.5 Å². The van der Waals surface area contributed by atoms with Crippen LogP contribution in [0.3, 0.4) is 0 Å². The number of carbonyl (C=O) groups is 2. The molecule has 3 aromatic rings. The summed E-state index contributed by atoms with van der Waals surface area (Å²) in [4.78, 5) is 26.2. The van der Waals surface area contributed by atoms with Crippen molar-refractivity contribution < 1.29 is 24.2 Å². The average molecular weight is 441 g/mol. The average Bonchev–Trinajstić information content (AvgIpc) is 3.45. The Kier molecular flexibility index (Phi) is 7.48. The summed E-state index contributed by atoms with van der Waals surface area (Å²) < 4.78 is 13.7. The summed E-state index contributed by atoms with van der Waals surface area (Å²) in [5.74, 6) is -0.109. The number of carboxylic acid groups (broad SMARTS) is 1. The molecule has 10 nitrogen and oxygen atoms in total. The molecule has 3 rings (SSSR count). The van der Waals surface area contributed by atoms with Crippen LogP contribution in [0.2, 0.25) is 0 Å². The van der Waals surface area contributed by atoms with Gasteiger partial charge in [0.05, 0.1) is 26.5 Å². The number of ether oxygens (including phenoxy) is 2. The maximum atomic E-state index is 13.2. The van der Waals surface area contributed by atoms with E-state index in [0.29, 0.717) is 37.6 Å². The number of benzene rings is 1. The molecule has 0 saturated carbocycles. The molecule has 0 aliphatic rings. The highest BCUT2D eigenvalue weighted by atomic mass is 16.5. The highest BCUT2D eigenvalue weighted by molar-refractivity contribution is 5.86. The topological polar surface area (TPSA) is 112 Å². The van der Waals surface area contributed by atoms with Crippen molar-refractivity contribution in [2.45, 2.75) is 33.0 Å². The Labute approximate surface area is 186 Å². The van der Waals surface area contributed by atoms with E-state index in [1.807, 2.05) is 35.9 Å². The second kappa shape index (κ2) is 10.5. The standard InChI is InChI=1S/C22H27N5O5/c1-4-26-17(7-10-23-26)14-25(21(28)15-27-18(22(29)30)8-11-24-27)12-9-16-5-6-19(31-2)20(13-16)32-3/h5-8,10-11,13H,4,9,12,14-15H2,1-3H3,(H,29,30). The lowest BCUT2D eigenvalue weighted by Gasteiger charge is -2.23. The number of rotatable bonds is 11. The van der Waals surface area contributed by atoms with Crippen molar-refractivity contribution in [2.75, 3.05) is 20.8 Å². The third kappa shape index (κ3) is 5.26. The van der Waals surface area contributed by atoms with Gasteiger partial charge >= 0.3 is 5.97 Å². The van der Waals surface area contributed by atoms with Crippen LogP contribution in [0.5, 0.6) is 11.5 Å². The normalized spacial score (nSPS) is 10.7.